The van der Waals surface area contributed by atoms with E-state index in [4.69, 9.17) is 5.11 Å². The number of nitrogens with one attached hydrogen (secondary N) is 1. The van der Waals surface area contributed by atoms with Crippen LogP contribution in [0.2, 0.25) is 0 Å². The minimum absolute atomic E-state index is 0.0102. The fourth-order valence-corrected chi connectivity index (χ4v) is 4.49. The van der Waals surface area contributed by atoms with Crippen molar-refractivity contribution < 1.29 is 23.1 Å². The standard InChI is InChI=1S/C17H22N2O5S/c1-11-4-7-14(25(23,24)18-12-5-6-12)10-15(11)17(22)19-8-2-3-13(19)9-16(20)21/h4,7,10,12-13,18H,2-3,5-6,8-9H2,1H3,(H,20,21). The highest BCUT2D eigenvalue weighted by Gasteiger charge is 2.33. The number of carbonyl (C=O) groups excluding carboxylic acids is 1. The molecule has 1 aliphatic heterocycles. The van der Waals surface area contributed by atoms with E-state index in [2.05, 4.69) is 4.72 Å². The number of carboxylic acids is 1. The van der Waals surface area contributed by atoms with Crippen LogP contribution in [0, 0.1) is 6.92 Å². The summed E-state index contributed by atoms with van der Waals surface area (Å²) in [4.78, 5) is 25.5. The zero-order valence-corrected chi connectivity index (χ0v) is 14.9. The summed E-state index contributed by atoms with van der Waals surface area (Å²) in [6.07, 6.45) is 2.98. The zero-order valence-electron chi connectivity index (χ0n) is 14.1. The first-order chi connectivity index (χ1) is 11.8. The van der Waals surface area contributed by atoms with Crippen LogP contribution in [0.4, 0.5) is 0 Å². The molecule has 3 rings (SSSR count). The molecule has 1 aromatic rings. The van der Waals surface area contributed by atoms with E-state index in [1.54, 1.807) is 17.9 Å². The number of aliphatic carboxylic acids is 1. The number of likely N-dealkylation sites (tertiary alicyclic amines) is 1. The maximum absolute atomic E-state index is 12.9. The fourth-order valence-electron chi connectivity index (χ4n) is 3.16. The maximum Gasteiger partial charge on any atom is 0.305 e. The summed E-state index contributed by atoms with van der Waals surface area (Å²) in [6.45, 7) is 2.24. The van der Waals surface area contributed by atoms with Crippen molar-refractivity contribution in [1.82, 2.24) is 9.62 Å². The quantitative estimate of drug-likeness (QED) is 0.794. The number of hydrogen-bond donors (Lipinski definition) is 2. The van der Waals surface area contributed by atoms with Gasteiger partial charge in [0.2, 0.25) is 10.0 Å². The maximum atomic E-state index is 12.9. The second kappa shape index (κ2) is 6.76. The van der Waals surface area contributed by atoms with Gasteiger partial charge in [-0.3, -0.25) is 9.59 Å². The van der Waals surface area contributed by atoms with Crippen LogP contribution in [0.3, 0.4) is 0 Å². The van der Waals surface area contributed by atoms with Gasteiger partial charge in [0.05, 0.1) is 11.3 Å². The summed E-state index contributed by atoms with van der Waals surface area (Å²) >= 11 is 0. The molecule has 1 heterocycles. The molecule has 1 amide bonds. The normalized spacial score (nSPS) is 20.7. The monoisotopic (exact) mass is 366 g/mol. The largest absolute Gasteiger partial charge is 0.481 e. The molecule has 0 radical (unpaired) electrons. The predicted molar refractivity (Wildman–Crippen MR) is 90.8 cm³/mol. The average molecular weight is 366 g/mol. The van der Waals surface area contributed by atoms with E-state index in [-0.39, 0.29) is 29.3 Å². The Hall–Kier alpha value is -1.93. The van der Waals surface area contributed by atoms with E-state index in [0.29, 0.717) is 24.1 Å². The van der Waals surface area contributed by atoms with Gasteiger partial charge in [-0.15, -0.1) is 0 Å². The molecule has 0 bridgehead atoms. The summed E-state index contributed by atoms with van der Waals surface area (Å²) in [5.74, 6) is -1.24. The first-order valence-corrected chi connectivity index (χ1v) is 9.92. The van der Waals surface area contributed by atoms with Gasteiger partial charge in [0.1, 0.15) is 0 Å². The Bertz CT molecular complexity index is 801. The predicted octanol–water partition coefficient (Wildman–Crippen LogP) is 1.52. The van der Waals surface area contributed by atoms with Crippen LogP contribution in [0.25, 0.3) is 0 Å². The summed E-state index contributed by atoms with van der Waals surface area (Å²) in [5.41, 5.74) is 0.993. The number of amides is 1. The van der Waals surface area contributed by atoms with E-state index in [0.717, 1.165) is 19.3 Å². The zero-order chi connectivity index (χ0) is 18.2. The third kappa shape index (κ3) is 4.01. The van der Waals surface area contributed by atoms with Crippen LogP contribution >= 0.6 is 0 Å². The van der Waals surface area contributed by atoms with Crippen LogP contribution in [0.1, 0.15) is 48.0 Å². The van der Waals surface area contributed by atoms with E-state index in [1.165, 1.54) is 12.1 Å². The van der Waals surface area contributed by atoms with Gasteiger partial charge in [0, 0.05) is 24.2 Å². The third-order valence-electron chi connectivity index (χ3n) is 4.70. The third-order valence-corrected chi connectivity index (χ3v) is 6.22. The van der Waals surface area contributed by atoms with Crippen molar-refractivity contribution >= 4 is 21.9 Å². The van der Waals surface area contributed by atoms with Gasteiger partial charge in [0.25, 0.3) is 5.91 Å². The average Bonchev–Trinajstić information content (AvgIpc) is 3.21. The summed E-state index contributed by atoms with van der Waals surface area (Å²) < 4.78 is 27.4. The molecule has 1 unspecified atom stereocenters. The number of carboxylic acid groups (broad SMARTS) is 1. The summed E-state index contributed by atoms with van der Waals surface area (Å²) in [5, 5.41) is 9.01. The Labute approximate surface area is 147 Å². The Balaban J connectivity index is 1.87. The second-order valence-electron chi connectivity index (χ2n) is 6.76. The first kappa shape index (κ1) is 17.9. The van der Waals surface area contributed by atoms with Crippen LogP contribution in [-0.4, -0.2) is 48.9 Å². The van der Waals surface area contributed by atoms with Crippen LogP contribution < -0.4 is 4.72 Å². The number of aryl methyl sites for hydroxylation is 1. The van der Waals surface area contributed by atoms with Gasteiger partial charge in [-0.05, 0) is 50.3 Å². The Kier molecular flexibility index (Phi) is 4.83. The van der Waals surface area contributed by atoms with E-state index >= 15 is 0 Å². The highest BCUT2D eigenvalue weighted by atomic mass is 32.2. The van der Waals surface area contributed by atoms with E-state index in [1.807, 2.05) is 0 Å². The molecule has 0 aromatic heterocycles. The van der Waals surface area contributed by atoms with Crippen molar-refractivity contribution in [3.05, 3.63) is 29.3 Å². The first-order valence-electron chi connectivity index (χ1n) is 8.43. The lowest BCUT2D eigenvalue weighted by Crippen LogP contribution is -2.37. The summed E-state index contributed by atoms with van der Waals surface area (Å²) in [7, 11) is -3.64. The molecule has 8 heteroatoms. The molecular formula is C17H22N2O5S. The number of carbonyl (C=O) groups is 2. The number of sulfonamides is 1. The molecule has 1 aliphatic carbocycles. The van der Waals surface area contributed by atoms with E-state index in [9.17, 15) is 18.0 Å². The number of rotatable bonds is 6. The Morgan fingerprint density at radius 3 is 2.64 bits per heavy atom. The van der Waals surface area contributed by atoms with Gasteiger partial charge < -0.3 is 10.0 Å². The van der Waals surface area contributed by atoms with Gasteiger partial charge in [-0.2, -0.15) is 0 Å². The minimum Gasteiger partial charge on any atom is -0.481 e. The van der Waals surface area contributed by atoms with Crippen molar-refractivity contribution in [3.63, 3.8) is 0 Å². The Morgan fingerprint density at radius 2 is 2.00 bits per heavy atom. The lowest BCUT2D eigenvalue weighted by Gasteiger charge is -2.24. The smallest absolute Gasteiger partial charge is 0.305 e. The van der Waals surface area contributed by atoms with Crippen molar-refractivity contribution in [3.8, 4) is 0 Å². The topological polar surface area (TPSA) is 104 Å². The highest BCUT2D eigenvalue weighted by Crippen LogP contribution is 2.26. The highest BCUT2D eigenvalue weighted by molar-refractivity contribution is 7.89. The molecule has 1 atom stereocenters. The molecular weight excluding hydrogens is 344 g/mol. The van der Waals surface area contributed by atoms with Gasteiger partial charge in [-0.1, -0.05) is 6.07 Å². The van der Waals surface area contributed by atoms with Crippen LogP contribution in [0.5, 0.6) is 0 Å². The molecule has 1 saturated heterocycles. The lowest BCUT2D eigenvalue weighted by atomic mass is 10.1. The van der Waals surface area contributed by atoms with Crippen molar-refractivity contribution in [2.24, 2.45) is 0 Å². The van der Waals surface area contributed by atoms with Crippen molar-refractivity contribution in [2.75, 3.05) is 6.54 Å². The van der Waals surface area contributed by atoms with Crippen molar-refractivity contribution in [1.29, 1.82) is 0 Å². The van der Waals surface area contributed by atoms with Gasteiger partial charge in [0.15, 0.2) is 0 Å². The summed E-state index contributed by atoms with van der Waals surface area (Å²) in [6, 6.07) is 4.17. The minimum atomic E-state index is -3.64. The molecule has 25 heavy (non-hydrogen) atoms. The number of nitrogens with zero attached hydrogens (tertiary/aromatic N) is 1. The SMILES string of the molecule is Cc1ccc(S(=O)(=O)NC2CC2)cc1C(=O)N1CCCC1CC(=O)O. The molecule has 1 aromatic carbocycles. The molecule has 7 nitrogen and oxygen atoms in total. The van der Waals surface area contributed by atoms with Gasteiger partial charge in [-0.25, -0.2) is 13.1 Å². The molecule has 2 N–H and O–H groups in total. The number of benzene rings is 1. The molecule has 1 saturated carbocycles. The van der Waals surface area contributed by atoms with E-state index < -0.39 is 16.0 Å². The van der Waals surface area contributed by atoms with Gasteiger partial charge >= 0.3 is 5.97 Å². The van der Waals surface area contributed by atoms with Crippen LogP contribution in [-0.2, 0) is 14.8 Å². The lowest BCUT2D eigenvalue weighted by molar-refractivity contribution is -0.137. The second-order valence-corrected chi connectivity index (χ2v) is 8.48. The van der Waals surface area contributed by atoms with Crippen LogP contribution in [0.15, 0.2) is 23.1 Å². The molecule has 136 valence electrons. The number of hydrogen-bond acceptors (Lipinski definition) is 4. The Morgan fingerprint density at radius 1 is 1.28 bits per heavy atom. The molecule has 2 aliphatic rings. The van der Waals surface area contributed by atoms with Crippen molar-refractivity contribution in [2.45, 2.75) is 56.0 Å². The molecule has 0 spiro atoms. The molecule has 2 fully saturated rings. The fraction of sp³-hybridized carbons (Fsp3) is 0.529.